The van der Waals surface area contributed by atoms with Crippen LogP contribution in [-0.4, -0.2) is 31.6 Å². The molecule has 0 spiro atoms. The lowest BCUT2D eigenvalue weighted by atomic mass is 9.94. The van der Waals surface area contributed by atoms with Crippen LogP contribution in [0.3, 0.4) is 0 Å². The summed E-state index contributed by atoms with van der Waals surface area (Å²) in [7, 11) is 3.89. The largest absolute Gasteiger partial charge is 0.497 e. The Labute approximate surface area is 121 Å². The van der Waals surface area contributed by atoms with Crippen molar-refractivity contribution in [3.05, 3.63) is 29.8 Å². The van der Waals surface area contributed by atoms with E-state index in [-0.39, 0.29) is 5.38 Å². The predicted molar refractivity (Wildman–Crippen MR) is 81.1 cm³/mol. The van der Waals surface area contributed by atoms with Crippen LogP contribution in [0.5, 0.6) is 5.75 Å². The first kappa shape index (κ1) is 14.7. The summed E-state index contributed by atoms with van der Waals surface area (Å²) in [5.74, 6) is 0.883. The van der Waals surface area contributed by atoms with Gasteiger partial charge < -0.3 is 9.64 Å². The van der Waals surface area contributed by atoms with Crippen molar-refractivity contribution in [3.63, 3.8) is 0 Å². The second kappa shape index (κ2) is 7.16. The zero-order valence-corrected chi connectivity index (χ0v) is 12.7. The first-order valence-electron chi connectivity index (χ1n) is 7.19. The highest BCUT2D eigenvalue weighted by molar-refractivity contribution is 6.21. The van der Waals surface area contributed by atoms with Gasteiger partial charge in [-0.1, -0.05) is 31.4 Å². The van der Waals surface area contributed by atoms with Crippen LogP contribution in [0, 0.1) is 0 Å². The molecule has 0 aromatic heterocycles. The third-order valence-corrected chi connectivity index (χ3v) is 4.51. The fourth-order valence-electron chi connectivity index (χ4n) is 2.84. The molecule has 1 saturated carbocycles. The van der Waals surface area contributed by atoms with Gasteiger partial charge in [-0.3, -0.25) is 0 Å². The summed E-state index contributed by atoms with van der Waals surface area (Å²) in [4.78, 5) is 2.43. The number of nitrogens with zero attached hydrogens (tertiary/aromatic N) is 1. The van der Waals surface area contributed by atoms with Crippen LogP contribution in [-0.2, 0) is 0 Å². The average molecular weight is 282 g/mol. The van der Waals surface area contributed by atoms with E-state index in [1.54, 1.807) is 7.11 Å². The molecule has 0 saturated heterocycles. The molecule has 2 rings (SSSR count). The Morgan fingerprint density at radius 1 is 1.21 bits per heavy atom. The standard InChI is InChI=1S/C16H24ClNO/c1-18(14-6-4-3-5-7-14)12-16(17)13-8-10-15(19-2)11-9-13/h8-11,14,16H,3-7,12H2,1-2H3. The number of methoxy groups -OCH3 is 1. The molecule has 0 N–H and O–H groups in total. The molecule has 3 heteroatoms. The van der Waals surface area contributed by atoms with Crippen LogP contribution in [0.1, 0.15) is 43.0 Å². The fourth-order valence-corrected chi connectivity index (χ4v) is 3.21. The maximum Gasteiger partial charge on any atom is 0.118 e. The Bertz CT molecular complexity index is 373. The van der Waals surface area contributed by atoms with E-state index >= 15 is 0 Å². The third-order valence-electron chi connectivity index (χ3n) is 4.12. The zero-order valence-electron chi connectivity index (χ0n) is 11.9. The normalized spacial score (nSPS) is 18.5. The molecule has 1 aliphatic rings. The van der Waals surface area contributed by atoms with E-state index in [0.717, 1.165) is 12.3 Å². The minimum Gasteiger partial charge on any atom is -0.497 e. The first-order valence-corrected chi connectivity index (χ1v) is 7.62. The molecule has 1 fully saturated rings. The Morgan fingerprint density at radius 3 is 2.42 bits per heavy atom. The maximum absolute atomic E-state index is 6.53. The molecule has 0 bridgehead atoms. The summed E-state index contributed by atoms with van der Waals surface area (Å²) in [5.41, 5.74) is 1.17. The van der Waals surface area contributed by atoms with Gasteiger partial charge in [0.2, 0.25) is 0 Å². The van der Waals surface area contributed by atoms with Crippen LogP contribution < -0.4 is 4.74 Å². The van der Waals surface area contributed by atoms with Crippen molar-refractivity contribution in [2.24, 2.45) is 0 Å². The van der Waals surface area contributed by atoms with Gasteiger partial charge in [0.25, 0.3) is 0 Å². The zero-order chi connectivity index (χ0) is 13.7. The molecule has 1 aromatic carbocycles. The summed E-state index contributed by atoms with van der Waals surface area (Å²) in [5, 5.41) is 0.0535. The van der Waals surface area contributed by atoms with Gasteiger partial charge in [0.15, 0.2) is 0 Å². The van der Waals surface area contributed by atoms with Crippen molar-refractivity contribution < 1.29 is 4.74 Å². The number of hydrogen-bond donors (Lipinski definition) is 0. The van der Waals surface area contributed by atoms with Gasteiger partial charge in [-0.25, -0.2) is 0 Å². The Morgan fingerprint density at radius 2 is 1.84 bits per heavy atom. The minimum atomic E-state index is 0.0535. The van der Waals surface area contributed by atoms with Gasteiger partial charge in [-0.2, -0.15) is 0 Å². The van der Waals surface area contributed by atoms with Gasteiger partial charge in [0, 0.05) is 12.6 Å². The summed E-state index contributed by atoms with van der Waals surface area (Å²) < 4.78 is 5.17. The van der Waals surface area contributed by atoms with Gasteiger partial charge >= 0.3 is 0 Å². The molecule has 19 heavy (non-hydrogen) atoms. The molecule has 0 heterocycles. The van der Waals surface area contributed by atoms with Crippen LogP contribution in [0.25, 0.3) is 0 Å². The van der Waals surface area contributed by atoms with Gasteiger partial charge in [0.1, 0.15) is 5.75 Å². The number of ether oxygens (including phenoxy) is 1. The number of alkyl halides is 1. The number of hydrogen-bond acceptors (Lipinski definition) is 2. The second-order valence-corrected chi connectivity index (χ2v) is 6.00. The molecule has 0 radical (unpaired) electrons. The van der Waals surface area contributed by atoms with Gasteiger partial charge in [-0.05, 0) is 37.6 Å². The molecule has 0 aliphatic heterocycles. The number of halogens is 1. The van der Waals surface area contributed by atoms with E-state index in [1.807, 2.05) is 12.1 Å². The second-order valence-electron chi connectivity index (χ2n) is 5.47. The molecule has 106 valence electrons. The molecular weight excluding hydrogens is 258 g/mol. The van der Waals surface area contributed by atoms with Crippen molar-refractivity contribution in [2.45, 2.75) is 43.5 Å². The monoisotopic (exact) mass is 281 g/mol. The molecule has 2 nitrogen and oxygen atoms in total. The molecule has 0 amide bonds. The topological polar surface area (TPSA) is 12.5 Å². The molecule has 1 aromatic rings. The Kier molecular flexibility index (Phi) is 5.53. The highest BCUT2D eigenvalue weighted by Gasteiger charge is 2.20. The summed E-state index contributed by atoms with van der Waals surface area (Å²) in [6, 6.07) is 8.79. The van der Waals surface area contributed by atoms with Crippen molar-refractivity contribution in [3.8, 4) is 5.75 Å². The van der Waals surface area contributed by atoms with E-state index in [9.17, 15) is 0 Å². The number of rotatable bonds is 5. The molecule has 1 aliphatic carbocycles. The SMILES string of the molecule is COc1ccc(C(Cl)CN(C)C2CCCCC2)cc1. The maximum atomic E-state index is 6.53. The summed E-state index contributed by atoms with van der Waals surface area (Å²) in [6.07, 6.45) is 6.77. The van der Waals surface area contributed by atoms with Gasteiger partial charge in [-0.15, -0.1) is 11.6 Å². The van der Waals surface area contributed by atoms with Crippen molar-refractivity contribution in [1.82, 2.24) is 4.90 Å². The van der Waals surface area contributed by atoms with Crippen molar-refractivity contribution in [1.29, 1.82) is 0 Å². The van der Waals surface area contributed by atoms with Gasteiger partial charge in [0.05, 0.1) is 12.5 Å². The quantitative estimate of drug-likeness (QED) is 0.749. The molecule has 1 unspecified atom stereocenters. The highest BCUT2D eigenvalue weighted by Crippen LogP contribution is 2.27. The van der Waals surface area contributed by atoms with Crippen LogP contribution in [0.15, 0.2) is 24.3 Å². The van der Waals surface area contributed by atoms with E-state index in [0.29, 0.717) is 6.04 Å². The summed E-state index contributed by atoms with van der Waals surface area (Å²) >= 11 is 6.53. The van der Waals surface area contributed by atoms with E-state index in [4.69, 9.17) is 16.3 Å². The minimum absolute atomic E-state index is 0.0535. The van der Waals surface area contributed by atoms with Crippen LogP contribution in [0.4, 0.5) is 0 Å². The number of benzene rings is 1. The fraction of sp³-hybridized carbons (Fsp3) is 0.625. The highest BCUT2D eigenvalue weighted by atomic mass is 35.5. The molecular formula is C16H24ClNO. The summed E-state index contributed by atoms with van der Waals surface area (Å²) in [6.45, 7) is 0.915. The van der Waals surface area contributed by atoms with E-state index in [2.05, 4.69) is 24.1 Å². The van der Waals surface area contributed by atoms with Crippen LogP contribution >= 0.6 is 11.6 Å². The lowest BCUT2D eigenvalue weighted by Crippen LogP contribution is -2.35. The van der Waals surface area contributed by atoms with Crippen LogP contribution in [0.2, 0.25) is 0 Å². The predicted octanol–water partition coefficient (Wildman–Crippen LogP) is 4.24. The smallest absolute Gasteiger partial charge is 0.118 e. The lowest BCUT2D eigenvalue weighted by molar-refractivity contribution is 0.192. The molecule has 1 atom stereocenters. The van der Waals surface area contributed by atoms with E-state index in [1.165, 1.54) is 37.7 Å². The number of likely N-dealkylation sites (N-methyl/N-ethyl adjacent to an activating group) is 1. The Balaban J connectivity index is 1.89. The van der Waals surface area contributed by atoms with E-state index < -0.39 is 0 Å². The third kappa shape index (κ3) is 4.12. The van der Waals surface area contributed by atoms with Crippen molar-refractivity contribution in [2.75, 3.05) is 20.7 Å². The van der Waals surface area contributed by atoms with Crippen molar-refractivity contribution >= 4 is 11.6 Å². The first-order chi connectivity index (χ1) is 9.20. The lowest BCUT2D eigenvalue weighted by Gasteiger charge is -2.32. The Hall–Kier alpha value is -0.730. The average Bonchev–Trinajstić information content (AvgIpc) is 2.48.